The predicted octanol–water partition coefficient (Wildman–Crippen LogP) is 3.29. The van der Waals surface area contributed by atoms with E-state index in [1.807, 2.05) is 36.4 Å². The molecule has 5 heteroatoms. The van der Waals surface area contributed by atoms with Crippen LogP contribution in [0.15, 0.2) is 85.3 Å². The van der Waals surface area contributed by atoms with Crippen LogP contribution >= 0.6 is 0 Å². The number of hydrogen-bond donors (Lipinski definition) is 1. The first-order valence-electron chi connectivity index (χ1n) is 8.49. The molecule has 128 valence electrons. The fourth-order valence-corrected chi connectivity index (χ4v) is 3.08. The third kappa shape index (κ3) is 3.19. The molecule has 0 unspecified atom stereocenters. The largest absolute Gasteiger partial charge is 0.351 e. The maximum Gasteiger partial charge on any atom is 0.256 e. The highest BCUT2D eigenvalue weighted by Crippen LogP contribution is 2.23. The van der Waals surface area contributed by atoms with Gasteiger partial charge in [-0.25, -0.2) is 9.50 Å². The van der Waals surface area contributed by atoms with Crippen LogP contribution in [0, 0.1) is 0 Å². The standard InChI is InChI=1S/C21H18N4O/c26-21(19-15-24-25-13-7-12-22-20(19)25)23-14-18(16-8-3-1-4-9-16)17-10-5-2-6-11-17/h1-13,15,18H,14H2,(H,23,26). The topological polar surface area (TPSA) is 59.3 Å². The van der Waals surface area contributed by atoms with Gasteiger partial charge >= 0.3 is 0 Å². The lowest BCUT2D eigenvalue weighted by Crippen LogP contribution is -2.29. The summed E-state index contributed by atoms with van der Waals surface area (Å²) in [5, 5.41) is 7.22. The molecule has 2 aromatic carbocycles. The summed E-state index contributed by atoms with van der Waals surface area (Å²) in [7, 11) is 0. The Bertz CT molecular complexity index is 972. The minimum Gasteiger partial charge on any atom is -0.351 e. The van der Waals surface area contributed by atoms with Crippen LogP contribution in [0.25, 0.3) is 5.65 Å². The summed E-state index contributed by atoms with van der Waals surface area (Å²) in [6, 6.07) is 22.2. The smallest absolute Gasteiger partial charge is 0.256 e. The second-order valence-electron chi connectivity index (χ2n) is 6.03. The molecular formula is C21H18N4O. The van der Waals surface area contributed by atoms with E-state index in [1.54, 1.807) is 29.2 Å². The van der Waals surface area contributed by atoms with Crippen molar-refractivity contribution in [2.45, 2.75) is 5.92 Å². The Morgan fingerprint density at radius 1 is 0.962 bits per heavy atom. The second-order valence-corrected chi connectivity index (χ2v) is 6.03. The molecule has 0 saturated carbocycles. The lowest BCUT2D eigenvalue weighted by molar-refractivity contribution is 0.0954. The van der Waals surface area contributed by atoms with Crippen molar-refractivity contribution in [3.8, 4) is 0 Å². The van der Waals surface area contributed by atoms with Crippen LogP contribution in [0.2, 0.25) is 0 Å². The Morgan fingerprint density at radius 3 is 2.27 bits per heavy atom. The van der Waals surface area contributed by atoms with Gasteiger partial charge in [0.25, 0.3) is 5.91 Å². The molecule has 0 fully saturated rings. The van der Waals surface area contributed by atoms with Crippen molar-refractivity contribution in [2.24, 2.45) is 0 Å². The van der Waals surface area contributed by atoms with E-state index < -0.39 is 0 Å². The number of nitrogens with zero attached hydrogens (tertiary/aromatic N) is 3. The third-order valence-corrected chi connectivity index (χ3v) is 4.39. The van der Waals surface area contributed by atoms with Crippen LogP contribution in [0.3, 0.4) is 0 Å². The van der Waals surface area contributed by atoms with Gasteiger partial charge in [-0.2, -0.15) is 5.10 Å². The highest BCUT2D eigenvalue weighted by molar-refractivity contribution is 5.99. The Kier molecular flexibility index (Phi) is 4.43. The number of aromatic nitrogens is 3. The number of amides is 1. The van der Waals surface area contributed by atoms with Crippen LogP contribution in [0.1, 0.15) is 27.4 Å². The van der Waals surface area contributed by atoms with Crippen molar-refractivity contribution in [1.82, 2.24) is 19.9 Å². The molecule has 26 heavy (non-hydrogen) atoms. The first-order valence-corrected chi connectivity index (χ1v) is 8.49. The summed E-state index contributed by atoms with van der Waals surface area (Å²) in [4.78, 5) is 16.9. The molecule has 0 saturated heterocycles. The average molecular weight is 342 g/mol. The highest BCUT2D eigenvalue weighted by atomic mass is 16.1. The van der Waals surface area contributed by atoms with Crippen LogP contribution in [0.4, 0.5) is 0 Å². The average Bonchev–Trinajstić information content (AvgIpc) is 3.14. The molecule has 0 aliphatic heterocycles. The molecule has 2 aromatic heterocycles. The number of fused-ring (bicyclic) bond motifs is 1. The summed E-state index contributed by atoms with van der Waals surface area (Å²) in [6.45, 7) is 0.497. The molecule has 1 amide bonds. The lowest BCUT2D eigenvalue weighted by atomic mass is 9.91. The number of rotatable bonds is 5. The molecule has 0 atom stereocenters. The van der Waals surface area contributed by atoms with Gasteiger partial charge in [0.1, 0.15) is 5.56 Å². The summed E-state index contributed by atoms with van der Waals surface area (Å²) in [6.07, 6.45) is 4.98. The molecule has 1 N–H and O–H groups in total. The quantitative estimate of drug-likeness (QED) is 0.605. The van der Waals surface area contributed by atoms with Crippen molar-refractivity contribution in [3.05, 3.63) is 102 Å². The van der Waals surface area contributed by atoms with Gasteiger partial charge in [0.2, 0.25) is 0 Å². The molecule has 5 nitrogen and oxygen atoms in total. The maximum atomic E-state index is 12.7. The SMILES string of the molecule is O=C(NCC(c1ccccc1)c1ccccc1)c1cnn2cccnc12. The summed E-state index contributed by atoms with van der Waals surface area (Å²) < 4.78 is 1.60. The number of nitrogens with one attached hydrogen (secondary N) is 1. The highest BCUT2D eigenvalue weighted by Gasteiger charge is 2.18. The number of hydrogen-bond acceptors (Lipinski definition) is 3. The van der Waals surface area contributed by atoms with Crippen molar-refractivity contribution < 1.29 is 4.79 Å². The van der Waals surface area contributed by atoms with Crippen molar-refractivity contribution in [1.29, 1.82) is 0 Å². The Labute approximate surface area is 151 Å². The van der Waals surface area contributed by atoms with E-state index in [0.29, 0.717) is 17.8 Å². The van der Waals surface area contributed by atoms with Gasteiger partial charge in [0.05, 0.1) is 6.20 Å². The molecule has 4 aromatic rings. The zero-order valence-electron chi connectivity index (χ0n) is 14.1. The van der Waals surface area contributed by atoms with Crippen LogP contribution in [-0.4, -0.2) is 27.0 Å². The fraction of sp³-hybridized carbons (Fsp3) is 0.0952. The molecule has 0 aliphatic rings. The van der Waals surface area contributed by atoms with Crippen molar-refractivity contribution in [2.75, 3.05) is 6.54 Å². The van der Waals surface area contributed by atoms with Crippen molar-refractivity contribution in [3.63, 3.8) is 0 Å². The van der Waals surface area contributed by atoms with Crippen molar-refractivity contribution >= 4 is 11.6 Å². The molecule has 0 spiro atoms. The molecule has 0 bridgehead atoms. The van der Waals surface area contributed by atoms with E-state index in [-0.39, 0.29) is 11.8 Å². The first kappa shape index (κ1) is 16.0. The summed E-state index contributed by atoms with van der Waals surface area (Å²) in [5.74, 6) is -0.0910. The third-order valence-electron chi connectivity index (χ3n) is 4.39. The van der Waals surface area contributed by atoms with Gasteiger partial charge in [-0.1, -0.05) is 60.7 Å². The van der Waals surface area contributed by atoms with E-state index in [2.05, 4.69) is 39.7 Å². The van der Waals surface area contributed by atoms with E-state index in [1.165, 1.54) is 0 Å². The predicted molar refractivity (Wildman–Crippen MR) is 100 cm³/mol. The molecule has 2 heterocycles. The molecule has 4 rings (SSSR count). The van der Waals surface area contributed by atoms with Gasteiger partial charge in [-0.15, -0.1) is 0 Å². The zero-order valence-corrected chi connectivity index (χ0v) is 14.1. The summed E-state index contributed by atoms with van der Waals surface area (Å²) >= 11 is 0. The first-order chi connectivity index (χ1) is 12.8. The molecular weight excluding hydrogens is 324 g/mol. The Balaban J connectivity index is 1.58. The van der Waals surface area contributed by atoms with E-state index >= 15 is 0 Å². The molecule has 0 aliphatic carbocycles. The Morgan fingerprint density at radius 2 is 1.62 bits per heavy atom. The minimum atomic E-state index is -0.171. The van der Waals surface area contributed by atoms with Gasteiger partial charge in [0, 0.05) is 24.9 Å². The minimum absolute atomic E-state index is 0.0798. The van der Waals surface area contributed by atoms with E-state index in [0.717, 1.165) is 11.1 Å². The normalized spacial score (nSPS) is 11.0. The zero-order chi connectivity index (χ0) is 17.8. The molecule has 0 radical (unpaired) electrons. The van der Waals surface area contributed by atoms with Gasteiger partial charge in [0.15, 0.2) is 5.65 Å². The number of carbonyl (C=O) groups is 1. The second kappa shape index (κ2) is 7.19. The van der Waals surface area contributed by atoms with Crippen LogP contribution in [-0.2, 0) is 0 Å². The number of benzene rings is 2. The van der Waals surface area contributed by atoms with Crippen LogP contribution in [0.5, 0.6) is 0 Å². The van der Waals surface area contributed by atoms with Crippen LogP contribution < -0.4 is 5.32 Å². The lowest BCUT2D eigenvalue weighted by Gasteiger charge is -2.18. The summed E-state index contributed by atoms with van der Waals surface area (Å²) in [5.41, 5.74) is 3.36. The van der Waals surface area contributed by atoms with E-state index in [9.17, 15) is 4.79 Å². The van der Waals surface area contributed by atoms with Gasteiger partial charge in [-0.05, 0) is 17.2 Å². The monoisotopic (exact) mass is 342 g/mol. The maximum absolute atomic E-state index is 12.7. The Hall–Kier alpha value is -3.47. The number of carbonyl (C=O) groups excluding carboxylic acids is 1. The van der Waals surface area contributed by atoms with Gasteiger partial charge in [-0.3, -0.25) is 4.79 Å². The van der Waals surface area contributed by atoms with Gasteiger partial charge < -0.3 is 5.32 Å². The fourth-order valence-electron chi connectivity index (χ4n) is 3.08. The van der Waals surface area contributed by atoms with E-state index in [4.69, 9.17) is 0 Å².